The summed E-state index contributed by atoms with van der Waals surface area (Å²) >= 11 is 0. The number of fused-ring (bicyclic) bond motifs is 1. The number of amides is 1. The van der Waals surface area contributed by atoms with E-state index in [0.717, 1.165) is 32.6 Å². The number of benzene rings is 1. The van der Waals surface area contributed by atoms with Gasteiger partial charge in [0.05, 0.1) is 4.92 Å². The first kappa shape index (κ1) is 14.0. The third kappa shape index (κ3) is 2.63. The molecule has 0 bridgehead atoms. The number of carbonyl (C=O) groups excluding carboxylic acids is 1. The van der Waals surface area contributed by atoms with E-state index in [4.69, 9.17) is 0 Å². The van der Waals surface area contributed by atoms with Crippen LogP contribution >= 0.6 is 0 Å². The van der Waals surface area contributed by atoms with Gasteiger partial charge >= 0.3 is 0 Å². The molecule has 1 aromatic carbocycles. The van der Waals surface area contributed by atoms with Crippen molar-refractivity contribution in [2.75, 3.05) is 26.2 Å². The van der Waals surface area contributed by atoms with Crippen LogP contribution in [0.1, 0.15) is 22.3 Å². The minimum atomic E-state index is -0.417. The molecule has 2 unspecified atom stereocenters. The zero-order chi connectivity index (χ0) is 15.0. The van der Waals surface area contributed by atoms with Crippen molar-refractivity contribution in [1.82, 2.24) is 10.2 Å². The molecule has 2 atom stereocenters. The number of nitro groups is 1. The first-order valence-corrected chi connectivity index (χ1v) is 7.31. The van der Waals surface area contributed by atoms with E-state index in [0.29, 0.717) is 23.0 Å². The average molecular weight is 289 g/mol. The molecule has 2 aliphatic rings. The van der Waals surface area contributed by atoms with Crippen molar-refractivity contribution in [1.29, 1.82) is 0 Å². The molecule has 0 radical (unpaired) electrons. The molecule has 1 aromatic rings. The predicted octanol–water partition coefficient (Wildman–Crippen LogP) is 1.58. The van der Waals surface area contributed by atoms with Gasteiger partial charge in [-0.3, -0.25) is 14.9 Å². The molecule has 21 heavy (non-hydrogen) atoms. The van der Waals surface area contributed by atoms with E-state index in [1.165, 1.54) is 6.07 Å². The number of rotatable bonds is 2. The monoisotopic (exact) mass is 289 g/mol. The van der Waals surface area contributed by atoms with E-state index in [1.54, 1.807) is 19.1 Å². The quantitative estimate of drug-likeness (QED) is 0.662. The Bertz CT molecular complexity index is 588. The molecule has 6 heteroatoms. The summed E-state index contributed by atoms with van der Waals surface area (Å²) in [4.78, 5) is 24.9. The van der Waals surface area contributed by atoms with Crippen molar-refractivity contribution in [2.24, 2.45) is 11.8 Å². The molecule has 0 saturated carbocycles. The second-order valence-corrected chi connectivity index (χ2v) is 5.98. The second-order valence-electron chi connectivity index (χ2n) is 5.98. The number of hydrogen-bond acceptors (Lipinski definition) is 4. The van der Waals surface area contributed by atoms with Crippen LogP contribution in [0.2, 0.25) is 0 Å². The van der Waals surface area contributed by atoms with Crippen LogP contribution < -0.4 is 5.32 Å². The van der Waals surface area contributed by atoms with Gasteiger partial charge in [0.1, 0.15) is 0 Å². The number of hydrogen-bond donors (Lipinski definition) is 1. The molecule has 2 aliphatic heterocycles. The number of piperidine rings is 1. The van der Waals surface area contributed by atoms with Crippen LogP contribution in [0, 0.1) is 28.9 Å². The molecule has 112 valence electrons. The van der Waals surface area contributed by atoms with Gasteiger partial charge in [-0.25, -0.2) is 0 Å². The lowest BCUT2D eigenvalue weighted by Gasteiger charge is -2.34. The molecule has 2 saturated heterocycles. The van der Waals surface area contributed by atoms with Gasteiger partial charge in [-0.05, 0) is 50.4 Å². The van der Waals surface area contributed by atoms with Crippen LogP contribution in [0.15, 0.2) is 18.2 Å². The fourth-order valence-electron chi connectivity index (χ4n) is 3.40. The van der Waals surface area contributed by atoms with Gasteiger partial charge in [-0.1, -0.05) is 0 Å². The summed E-state index contributed by atoms with van der Waals surface area (Å²) in [6.45, 7) is 5.27. The molecule has 0 aromatic heterocycles. The predicted molar refractivity (Wildman–Crippen MR) is 78.2 cm³/mol. The fraction of sp³-hybridized carbons (Fsp3) is 0.533. The highest BCUT2D eigenvalue weighted by Gasteiger charge is 2.34. The van der Waals surface area contributed by atoms with Crippen LogP contribution in [0.5, 0.6) is 0 Å². The number of likely N-dealkylation sites (tertiary alicyclic amines) is 1. The van der Waals surface area contributed by atoms with E-state index in [2.05, 4.69) is 5.32 Å². The van der Waals surface area contributed by atoms with Gasteiger partial charge in [-0.15, -0.1) is 0 Å². The Kier molecular flexibility index (Phi) is 3.63. The second kappa shape index (κ2) is 5.44. The zero-order valence-electron chi connectivity index (χ0n) is 12.0. The van der Waals surface area contributed by atoms with E-state index in [1.807, 2.05) is 4.90 Å². The Morgan fingerprint density at radius 3 is 2.86 bits per heavy atom. The summed E-state index contributed by atoms with van der Waals surface area (Å²) in [5.41, 5.74) is 1.14. The van der Waals surface area contributed by atoms with Crippen LogP contribution in [0.3, 0.4) is 0 Å². The summed E-state index contributed by atoms with van der Waals surface area (Å²) in [6.07, 6.45) is 1.04. The highest BCUT2D eigenvalue weighted by Crippen LogP contribution is 2.28. The van der Waals surface area contributed by atoms with Crippen molar-refractivity contribution in [2.45, 2.75) is 13.3 Å². The molecule has 6 nitrogen and oxygen atoms in total. The van der Waals surface area contributed by atoms with Crippen molar-refractivity contribution in [3.05, 3.63) is 39.4 Å². The van der Waals surface area contributed by atoms with Gasteiger partial charge in [0.2, 0.25) is 0 Å². The number of nitro benzene ring substituents is 1. The maximum absolute atomic E-state index is 12.6. The van der Waals surface area contributed by atoms with Gasteiger partial charge in [0, 0.05) is 30.3 Å². The lowest BCUT2D eigenvalue weighted by atomic mass is 9.88. The summed E-state index contributed by atoms with van der Waals surface area (Å²) in [7, 11) is 0. The standard InChI is InChI=1S/C15H19N3O3/c1-10-6-11(2-3-14(10)18(20)21)15(19)17-5-4-12-7-16-8-13(12)9-17/h2-3,6,12-13,16H,4-5,7-9H2,1H3. The van der Waals surface area contributed by atoms with Crippen molar-refractivity contribution in [3.8, 4) is 0 Å². The molecule has 2 fully saturated rings. The van der Waals surface area contributed by atoms with Crippen molar-refractivity contribution in [3.63, 3.8) is 0 Å². The minimum Gasteiger partial charge on any atom is -0.338 e. The first-order valence-electron chi connectivity index (χ1n) is 7.31. The van der Waals surface area contributed by atoms with Crippen molar-refractivity contribution < 1.29 is 9.72 Å². The topological polar surface area (TPSA) is 75.5 Å². The van der Waals surface area contributed by atoms with E-state index in [-0.39, 0.29) is 11.6 Å². The number of nitrogens with one attached hydrogen (secondary N) is 1. The number of carbonyl (C=O) groups is 1. The molecule has 0 spiro atoms. The van der Waals surface area contributed by atoms with Crippen molar-refractivity contribution >= 4 is 11.6 Å². The fourth-order valence-corrected chi connectivity index (χ4v) is 3.40. The third-order valence-electron chi connectivity index (χ3n) is 4.63. The Morgan fingerprint density at radius 2 is 2.14 bits per heavy atom. The average Bonchev–Trinajstić information content (AvgIpc) is 2.93. The zero-order valence-corrected chi connectivity index (χ0v) is 12.0. The van der Waals surface area contributed by atoms with E-state index < -0.39 is 4.92 Å². The Hall–Kier alpha value is -1.95. The van der Waals surface area contributed by atoms with Gasteiger partial charge in [0.15, 0.2) is 0 Å². The van der Waals surface area contributed by atoms with Gasteiger partial charge in [0.25, 0.3) is 11.6 Å². The summed E-state index contributed by atoms with van der Waals surface area (Å²) in [6, 6.07) is 4.61. The highest BCUT2D eigenvalue weighted by atomic mass is 16.6. The first-order chi connectivity index (χ1) is 10.1. The molecule has 1 N–H and O–H groups in total. The number of nitrogens with zero attached hydrogens (tertiary/aromatic N) is 2. The summed E-state index contributed by atoms with van der Waals surface area (Å²) in [5, 5.41) is 14.2. The Labute approximate surface area is 123 Å². The van der Waals surface area contributed by atoms with Gasteiger partial charge < -0.3 is 10.2 Å². The Balaban J connectivity index is 1.76. The van der Waals surface area contributed by atoms with Gasteiger partial charge in [-0.2, -0.15) is 0 Å². The van der Waals surface area contributed by atoms with Crippen LogP contribution in [0.25, 0.3) is 0 Å². The number of aryl methyl sites for hydroxylation is 1. The van der Waals surface area contributed by atoms with E-state index >= 15 is 0 Å². The maximum atomic E-state index is 12.6. The van der Waals surface area contributed by atoms with Crippen LogP contribution in [-0.4, -0.2) is 41.9 Å². The highest BCUT2D eigenvalue weighted by molar-refractivity contribution is 5.94. The smallest absolute Gasteiger partial charge is 0.272 e. The third-order valence-corrected chi connectivity index (χ3v) is 4.63. The van der Waals surface area contributed by atoms with E-state index in [9.17, 15) is 14.9 Å². The summed E-state index contributed by atoms with van der Waals surface area (Å²) < 4.78 is 0. The van der Waals surface area contributed by atoms with Crippen LogP contribution in [0.4, 0.5) is 5.69 Å². The molecule has 0 aliphatic carbocycles. The molecular formula is C15H19N3O3. The minimum absolute atomic E-state index is 0.0154. The van der Waals surface area contributed by atoms with Crippen LogP contribution in [-0.2, 0) is 0 Å². The molecule has 1 amide bonds. The molecule has 3 rings (SSSR count). The normalized spacial score (nSPS) is 24.7. The lowest BCUT2D eigenvalue weighted by Crippen LogP contribution is -2.43. The lowest BCUT2D eigenvalue weighted by molar-refractivity contribution is -0.385. The Morgan fingerprint density at radius 1 is 1.38 bits per heavy atom. The SMILES string of the molecule is Cc1cc(C(=O)N2CCC3CNCC3C2)ccc1[N+](=O)[O-]. The molecule has 2 heterocycles. The maximum Gasteiger partial charge on any atom is 0.272 e. The summed E-state index contributed by atoms with van der Waals surface area (Å²) in [5.74, 6) is 1.22. The largest absolute Gasteiger partial charge is 0.338 e. The molecular weight excluding hydrogens is 270 g/mol.